The first-order valence-corrected chi connectivity index (χ1v) is 9.40. The molecular weight excluding hydrogens is 392 g/mol. The largest absolute Gasteiger partial charge is 0.494 e. The second-order valence-electron chi connectivity index (χ2n) is 5.18. The normalized spacial score (nSPS) is 11.3. The van der Waals surface area contributed by atoms with Gasteiger partial charge in [-0.15, -0.1) is 0 Å². The van der Waals surface area contributed by atoms with E-state index in [9.17, 15) is 0 Å². The molecule has 0 amide bonds. The highest BCUT2D eigenvalue weighted by Gasteiger charge is 2.29. The molecule has 21 heavy (non-hydrogen) atoms. The lowest BCUT2D eigenvalue weighted by Gasteiger charge is -2.30. The van der Waals surface area contributed by atoms with Crippen LogP contribution < -0.4 is 4.74 Å². The van der Waals surface area contributed by atoms with Crippen molar-refractivity contribution in [3.05, 3.63) is 66.2 Å². The van der Waals surface area contributed by atoms with Gasteiger partial charge in [0.2, 0.25) is 0 Å². The zero-order valence-electron chi connectivity index (χ0n) is 12.0. The molecule has 112 valence electrons. The van der Waals surface area contributed by atoms with Gasteiger partial charge >= 0.3 is 0 Å². The summed E-state index contributed by atoms with van der Waals surface area (Å²) in [5.74, 6) is 0.945. The van der Waals surface area contributed by atoms with Crippen molar-refractivity contribution in [2.24, 2.45) is 0 Å². The van der Waals surface area contributed by atoms with Gasteiger partial charge in [0.15, 0.2) is 0 Å². The van der Waals surface area contributed by atoms with Crippen LogP contribution in [0.15, 0.2) is 60.7 Å². The second kappa shape index (κ2) is 8.60. The summed E-state index contributed by atoms with van der Waals surface area (Å²) in [6.45, 7) is 0.749. The van der Waals surface area contributed by atoms with Gasteiger partial charge in [-0.1, -0.05) is 80.4 Å². The Kier molecular flexibility index (Phi) is 6.78. The van der Waals surface area contributed by atoms with E-state index in [1.165, 1.54) is 5.56 Å². The molecular formula is C18H20Br2O. The van der Waals surface area contributed by atoms with E-state index in [0.717, 1.165) is 35.9 Å². The van der Waals surface area contributed by atoms with Gasteiger partial charge in [-0.2, -0.15) is 0 Å². The number of halogens is 2. The number of alkyl halides is 2. The Hall–Kier alpha value is -0.800. The summed E-state index contributed by atoms with van der Waals surface area (Å²) in [6.07, 6.45) is 2.11. The summed E-state index contributed by atoms with van der Waals surface area (Å²) < 4.78 is 5.80. The summed E-state index contributed by atoms with van der Waals surface area (Å²) >= 11 is 7.39. The van der Waals surface area contributed by atoms with Gasteiger partial charge in [0.25, 0.3) is 0 Å². The van der Waals surface area contributed by atoms with E-state index in [-0.39, 0.29) is 5.41 Å². The van der Waals surface area contributed by atoms with Crippen molar-refractivity contribution in [1.29, 1.82) is 0 Å². The Bertz CT molecular complexity index is 509. The highest BCUT2D eigenvalue weighted by Crippen LogP contribution is 2.33. The minimum atomic E-state index is 0.126. The van der Waals surface area contributed by atoms with Gasteiger partial charge in [0, 0.05) is 16.1 Å². The molecule has 0 fully saturated rings. The highest BCUT2D eigenvalue weighted by atomic mass is 79.9. The molecule has 0 saturated carbocycles. The Morgan fingerprint density at radius 2 is 1.38 bits per heavy atom. The molecule has 1 nitrogen and oxygen atoms in total. The van der Waals surface area contributed by atoms with E-state index >= 15 is 0 Å². The molecule has 3 heteroatoms. The van der Waals surface area contributed by atoms with E-state index in [2.05, 4.69) is 62.2 Å². The molecule has 2 rings (SSSR count). The van der Waals surface area contributed by atoms with Crippen LogP contribution in [0.2, 0.25) is 0 Å². The van der Waals surface area contributed by atoms with E-state index in [1.807, 2.05) is 30.3 Å². The number of rotatable bonds is 8. The Balaban J connectivity index is 1.92. The molecule has 0 saturated heterocycles. The molecule has 0 unspecified atom stereocenters. The number of para-hydroxylation sites is 1. The maximum absolute atomic E-state index is 5.80. The molecule has 0 N–H and O–H groups in total. The van der Waals surface area contributed by atoms with Crippen LogP contribution in [0.3, 0.4) is 0 Å². The summed E-state index contributed by atoms with van der Waals surface area (Å²) in [6, 6.07) is 20.7. The Morgan fingerprint density at radius 1 is 0.810 bits per heavy atom. The topological polar surface area (TPSA) is 9.23 Å². The monoisotopic (exact) mass is 410 g/mol. The van der Waals surface area contributed by atoms with Crippen molar-refractivity contribution >= 4 is 31.9 Å². The van der Waals surface area contributed by atoms with Gasteiger partial charge in [0.05, 0.1) is 6.61 Å². The maximum atomic E-state index is 5.80. The van der Waals surface area contributed by atoms with E-state index in [1.54, 1.807) is 0 Å². The molecule has 0 radical (unpaired) electrons. The van der Waals surface area contributed by atoms with Gasteiger partial charge < -0.3 is 4.74 Å². The minimum Gasteiger partial charge on any atom is -0.494 e. The number of hydrogen-bond acceptors (Lipinski definition) is 1. The third-order valence-corrected chi connectivity index (χ3v) is 5.86. The lowest BCUT2D eigenvalue weighted by atomic mass is 9.80. The van der Waals surface area contributed by atoms with Gasteiger partial charge in [-0.05, 0) is 30.5 Å². The molecule has 0 bridgehead atoms. The lowest BCUT2D eigenvalue weighted by molar-refractivity contribution is 0.291. The second-order valence-corrected chi connectivity index (χ2v) is 6.30. The van der Waals surface area contributed by atoms with Crippen molar-refractivity contribution < 1.29 is 4.74 Å². The quantitative estimate of drug-likeness (QED) is 0.407. The van der Waals surface area contributed by atoms with Crippen LogP contribution in [0.5, 0.6) is 5.75 Å². The first-order valence-electron chi connectivity index (χ1n) is 7.16. The van der Waals surface area contributed by atoms with Crippen LogP contribution in [-0.2, 0) is 5.41 Å². The molecule has 2 aromatic rings. The van der Waals surface area contributed by atoms with E-state index < -0.39 is 0 Å². The van der Waals surface area contributed by atoms with Crippen molar-refractivity contribution in [3.8, 4) is 5.75 Å². The fraction of sp³-hybridized carbons (Fsp3) is 0.333. The van der Waals surface area contributed by atoms with Crippen molar-refractivity contribution in [2.75, 3.05) is 17.3 Å². The van der Waals surface area contributed by atoms with Crippen molar-refractivity contribution in [2.45, 2.75) is 18.3 Å². The smallest absolute Gasteiger partial charge is 0.119 e. The molecule has 0 heterocycles. The number of hydrogen-bond donors (Lipinski definition) is 0. The SMILES string of the molecule is BrCC(CBr)(CCCOc1ccccc1)c1ccccc1. The highest BCUT2D eigenvalue weighted by molar-refractivity contribution is 9.09. The van der Waals surface area contributed by atoms with E-state index in [0.29, 0.717) is 0 Å². The summed E-state index contributed by atoms with van der Waals surface area (Å²) in [7, 11) is 0. The summed E-state index contributed by atoms with van der Waals surface area (Å²) in [5, 5.41) is 1.89. The fourth-order valence-corrected chi connectivity index (χ4v) is 4.51. The number of ether oxygens (including phenoxy) is 1. The number of benzene rings is 2. The standard InChI is InChI=1S/C18H20Br2O/c19-14-18(15-20,16-8-3-1-4-9-16)12-7-13-21-17-10-5-2-6-11-17/h1-6,8-11H,7,12-15H2. The summed E-state index contributed by atoms with van der Waals surface area (Å²) in [5.41, 5.74) is 1.50. The van der Waals surface area contributed by atoms with Crippen LogP contribution in [0.4, 0.5) is 0 Å². The van der Waals surface area contributed by atoms with Gasteiger partial charge in [-0.3, -0.25) is 0 Å². The fourth-order valence-electron chi connectivity index (χ4n) is 2.38. The zero-order chi connectivity index (χ0) is 15.0. The van der Waals surface area contributed by atoms with Crippen LogP contribution in [-0.4, -0.2) is 17.3 Å². The Morgan fingerprint density at radius 3 is 1.95 bits per heavy atom. The van der Waals surface area contributed by atoms with Crippen molar-refractivity contribution in [3.63, 3.8) is 0 Å². The molecule has 2 aromatic carbocycles. The van der Waals surface area contributed by atoms with Crippen LogP contribution in [0, 0.1) is 0 Å². The molecule has 0 aliphatic carbocycles. The first kappa shape index (κ1) is 16.6. The molecule has 0 aromatic heterocycles. The third-order valence-electron chi connectivity index (χ3n) is 3.71. The van der Waals surface area contributed by atoms with Crippen LogP contribution >= 0.6 is 31.9 Å². The predicted octanol–water partition coefficient (Wildman–Crippen LogP) is 5.57. The zero-order valence-corrected chi connectivity index (χ0v) is 15.1. The molecule has 0 aliphatic heterocycles. The van der Waals surface area contributed by atoms with Gasteiger partial charge in [0.1, 0.15) is 5.75 Å². The molecule has 0 aliphatic rings. The Labute approximate surface area is 144 Å². The molecule has 0 spiro atoms. The average molecular weight is 412 g/mol. The summed E-state index contributed by atoms with van der Waals surface area (Å²) in [4.78, 5) is 0. The van der Waals surface area contributed by atoms with E-state index in [4.69, 9.17) is 4.74 Å². The predicted molar refractivity (Wildman–Crippen MR) is 96.9 cm³/mol. The lowest BCUT2D eigenvalue weighted by Crippen LogP contribution is -2.30. The maximum Gasteiger partial charge on any atom is 0.119 e. The molecule has 0 atom stereocenters. The third kappa shape index (κ3) is 4.58. The first-order chi connectivity index (χ1) is 10.3. The minimum absolute atomic E-state index is 0.126. The average Bonchev–Trinajstić information content (AvgIpc) is 2.57. The van der Waals surface area contributed by atoms with Crippen LogP contribution in [0.1, 0.15) is 18.4 Å². The van der Waals surface area contributed by atoms with Crippen molar-refractivity contribution in [1.82, 2.24) is 0 Å². The van der Waals surface area contributed by atoms with Crippen LogP contribution in [0.25, 0.3) is 0 Å². The van der Waals surface area contributed by atoms with Gasteiger partial charge in [-0.25, -0.2) is 0 Å².